The van der Waals surface area contributed by atoms with Gasteiger partial charge < -0.3 is 4.74 Å². The lowest BCUT2D eigenvalue weighted by Gasteiger charge is -2.13. The highest BCUT2D eigenvalue weighted by Gasteiger charge is 2.23. The molecule has 0 bridgehead atoms. The van der Waals surface area contributed by atoms with Gasteiger partial charge in [-0.1, -0.05) is 48.0 Å². The average molecular weight is 307 g/mol. The molecule has 4 nitrogen and oxygen atoms in total. The number of ketones is 1. The molecule has 2 aromatic carbocycles. The van der Waals surface area contributed by atoms with Gasteiger partial charge in [-0.25, -0.2) is 4.79 Å². The number of allylic oxidation sites excluding steroid dienone is 1. The van der Waals surface area contributed by atoms with Crippen LogP contribution in [0.25, 0.3) is 6.08 Å². The largest absolute Gasteiger partial charge is 0.447 e. The molecule has 116 valence electrons. The van der Waals surface area contributed by atoms with Gasteiger partial charge in [0.1, 0.15) is 6.61 Å². The van der Waals surface area contributed by atoms with E-state index in [2.05, 4.69) is 0 Å². The zero-order valence-electron chi connectivity index (χ0n) is 12.9. The van der Waals surface area contributed by atoms with Crippen LogP contribution in [0.2, 0.25) is 0 Å². The lowest BCUT2D eigenvalue weighted by Crippen LogP contribution is -2.23. The van der Waals surface area contributed by atoms with Crippen molar-refractivity contribution in [2.75, 3.05) is 18.1 Å². The highest BCUT2D eigenvalue weighted by molar-refractivity contribution is 6.07. The van der Waals surface area contributed by atoms with Crippen LogP contribution in [-0.4, -0.2) is 25.0 Å². The summed E-state index contributed by atoms with van der Waals surface area (Å²) in [6.07, 6.45) is 2.97. The van der Waals surface area contributed by atoms with Crippen LogP contribution in [0.3, 0.4) is 0 Å². The summed E-state index contributed by atoms with van der Waals surface area (Å²) < 4.78 is 4.92. The van der Waals surface area contributed by atoms with Gasteiger partial charge in [-0.3, -0.25) is 9.69 Å². The highest BCUT2D eigenvalue weighted by Crippen LogP contribution is 2.20. The Morgan fingerprint density at radius 2 is 1.96 bits per heavy atom. The van der Waals surface area contributed by atoms with E-state index in [0.717, 1.165) is 5.56 Å². The molecule has 2 aromatic rings. The molecule has 0 spiro atoms. The van der Waals surface area contributed by atoms with Gasteiger partial charge in [-0.15, -0.1) is 0 Å². The lowest BCUT2D eigenvalue weighted by atomic mass is 10.1. The molecule has 1 heterocycles. The van der Waals surface area contributed by atoms with Crippen LogP contribution >= 0.6 is 0 Å². The van der Waals surface area contributed by atoms with E-state index < -0.39 is 0 Å². The van der Waals surface area contributed by atoms with Crippen molar-refractivity contribution in [2.45, 2.75) is 6.92 Å². The number of carbonyl (C=O) groups is 2. The number of benzene rings is 2. The first kappa shape index (κ1) is 15.0. The van der Waals surface area contributed by atoms with E-state index in [1.54, 1.807) is 36.4 Å². The molecular formula is C19H17NO3. The van der Waals surface area contributed by atoms with Crippen LogP contribution in [0.5, 0.6) is 0 Å². The van der Waals surface area contributed by atoms with Crippen LogP contribution in [-0.2, 0) is 4.74 Å². The molecule has 4 heteroatoms. The fourth-order valence-corrected chi connectivity index (χ4v) is 2.40. The molecule has 0 unspecified atom stereocenters. The maximum atomic E-state index is 12.3. The molecular weight excluding hydrogens is 290 g/mol. The first-order valence-corrected chi connectivity index (χ1v) is 7.47. The molecule has 1 saturated heterocycles. The van der Waals surface area contributed by atoms with Crippen LogP contribution < -0.4 is 4.90 Å². The minimum atomic E-state index is -0.371. The normalized spacial score (nSPS) is 14.3. The third kappa shape index (κ3) is 3.48. The Morgan fingerprint density at radius 1 is 1.17 bits per heavy atom. The molecule has 1 amide bonds. The summed E-state index contributed by atoms with van der Waals surface area (Å²) in [4.78, 5) is 25.4. The van der Waals surface area contributed by atoms with Crippen LogP contribution in [0.4, 0.5) is 10.5 Å². The van der Waals surface area contributed by atoms with Gasteiger partial charge >= 0.3 is 6.09 Å². The predicted molar refractivity (Wildman–Crippen MR) is 89.7 cm³/mol. The standard InChI is InChI=1S/C19H17NO3/c1-14-5-7-15(8-6-14)9-10-18(21)16-3-2-4-17(13-16)20-11-12-23-19(20)22/h2-10,13H,11-12H2,1H3. The second kappa shape index (κ2) is 6.48. The van der Waals surface area contributed by atoms with E-state index >= 15 is 0 Å². The minimum Gasteiger partial charge on any atom is -0.447 e. The Balaban J connectivity index is 1.77. The average Bonchev–Trinajstić information content (AvgIpc) is 3.00. The van der Waals surface area contributed by atoms with Crippen molar-refractivity contribution in [2.24, 2.45) is 0 Å². The molecule has 0 aromatic heterocycles. The first-order valence-electron chi connectivity index (χ1n) is 7.47. The van der Waals surface area contributed by atoms with Crippen LogP contribution in [0.15, 0.2) is 54.6 Å². The Bertz CT molecular complexity index is 762. The summed E-state index contributed by atoms with van der Waals surface area (Å²) >= 11 is 0. The number of carbonyl (C=O) groups excluding carboxylic acids is 2. The summed E-state index contributed by atoms with van der Waals surface area (Å²) in [5, 5.41) is 0. The number of aryl methyl sites for hydroxylation is 1. The summed E-state index contributed by atoms with van der Waals surface area (Å²) in [6, 6.07) is 15.0. The number of amides is 1. The lowest BCUT2D eigenvalue weighted by molar-refractivity contribution is 0.104. The van der Waals surface area contributed by atoms with Crippen molar-refractivity contribution >= 4 is 23.6 Å². The quantitative estimate of drug-likeness (QED) is 0.637. The van der Waals surface area contributed by atoms with E-state index in [4.69, 9.17) is 4.74 Å². The van der Waals surface area contributed by atoms with Crippen molar-refractivity contribution < 1.29 is 14.3 Å². The first-order chi connectivity index (χ1) is 11.1. The van der Waals surface area contributed by atoms with E-state index in [0.29, 0.717) is 24.4 Å². The zero-order chi connectivity index (χ0) is 16.2. The Hall–Kier alpha value is -2.88. The smallest absolute Gasteiger partial charge is 0.414 e. The summed E-state index contributed by atoms with van der Waals surface area (Å²) in [5.41, 5.74) is 3.38. The Labute approximate surface area is 135 Å². The summed E-state index contributed by atoms with van der Waals surface area (Å²) in [5.74, 6) is -0.0972. The highest BCUT2D eigenvalue weighted by atomic mass is 16.6. The number of rotatable bonds is 4. The second-order valence-electron chi connectivity index (χ2n) is 5.42. The third-order valence-corrected chi connectivity index (χ3v) is 3.71. The van der Waals surface area contributed by atoms with E-state index in [1.807, 2.05) is 31.2 Å². The molecule has 1 aliphatic heterocycles. The molecule has 0 atom stereocenters. The topological polar surface area (TPSA) is 46.6 Å². The summed E-state index contributed by atoms with van der Waals surface area (Å²) in [6.45, 7) is 2.91. The van der Waals surface area contributed by atoms with Crippen molar-refractivity contribution in [1.82, 2.24) is 0 Å². The Kier molecular flexibility index (Phi) is 4.24. The number of nitrogens with zero attached hydrogens (tertiary/aromatic N) is 1. The molecule has 0 N–H and O–H groups in total. The fourth-order valence-electron chi connectivity index (χ4n) is 2.40. The number of anilines is 1. The Morgan fingerprint density at radius 3 is 2.65 bits per heavy atom. The molecule has 0 radical (unpaired) electrons. The molecule has 3 rings (SSSR count). The van der Waals surface area contributed by atoms with Crippen molar-refractivity contribution in [3.8, 4) is 0 Å². The zero-order valence-corrected chi connectivity index (χ0v) is 12.9. The molecule has 1 fully saturated rings. The fraction of sp³-hybridized carbons (Fsp3) is 0.158. The van der Waals surface area contributed by atoms with Gasteiger partial charge in [0, 0.05) is 11.3 Å². The van der Waals surface area contributed by atoms with Crippen LogP contribution in [0.1, 0.15) is 21.5 Å². The maximum Gasteiger partial charge on any atom is 0.414 e. The minimum absolute atomic E-state index is 0.0972. The third-order valence-electron chi connectivity index (χ3n) is 3.71. The molecule has 1 aliphatic rings. The number of cyclic esters (lactones) is 1. The van der Waals surface area contributed by atoms with Crippen molar-refractivity contribution in [3.63, 3.8) is 0 Å². The van der Waals surface area contributed by atoms with E-state index in [1.165, 1.54) is 10.5 Å². The van der Waals surface area contributed by atoms with Crippen molar-refractivity contribution in [1.29, 1.82) is 0 Å². The van der Waals surface area contributed by atoms with Gasteiger partial charge in [0.05, 0.1) is 6.54 Å². The number of hydrogen-bond donors (Lipinski definition) is 0. The molecule has 0 saturated carbocycles. The predicted octanol–water partition coefficient (Wildman–Crippen LogP) is 3.85. The van der Waals surface area contributed by atoms with Crippen molar-refractivity contribution in [3.05, 3.63) is 71.3 Å². The van der Waals surface area contributed by atoms with E-state index in [9.17, 15) is 9.59 Å². The van der Waals surface area contributed by atoms with Gasteiger partial charge in [0.15, 0.2) is 5.78 Å². The van der Waals surface area contributed by atoms with Gasteiger partial charge in [0.25, 0.3) is 0 Å². The SMILES string of the molecule is Cc1ccc(C=CC(=O)c2cccc(N3CCOC3=O)c2)cc1. The number of hydrogen-bond acceptors (Lipinski definition) is 3. The second-order valence-corrected chi connectivity index (χ2v) is 5.42. The van der Waals surface area contributed by atoms with Gasteiger partial charge in [0.2, 0.25) is 0 Å². The molecule has 0 aliphatic carbocycles. The number of ether oxygens (including phenoxy) is 1. The maximum absolute atomic E-state index is 12.3. The van der Waals surface area contributed by atoms with E-state index in [-0.39, 0.29) is 11.9 Å². The van der Waals surface area contributed by atoms with Crippen LogP contribution in [0, 0.1) is 6.92 Å². The van der Waals surface area contributed by atoms with Gasteiger partial charge in [-0.2, -0.15) is 0 Å². The molecule has 23 heavy (non-hydrogen) atoms. The summed E-state index contributed by atoms with van der Waals surface area (Å²) in [7, 11) is 0. The monoisotopic (exact) mass is 307 g/mol. The van der Waals surface area contributed by atoms with Gasteiger partial charge in [-0.05, 0) is 30.7 Å².